The van der Waals surface area contributed by atoms with Crippen molar-refractivity contribution in [3.8, 4) is 11.4 Å². The van der Waals surface area contributed by atoms with Crippen LogP contribution in [0, 0.1) is 41.5 Å². The number of anilines is 6. The third kappa shape index (κ3) is 5.64. The average molecular weight is 851 g/mol. The Balaban J connectivity index is 1.12. The molecule has 0 bridgehead atoms. The van der Waals surface area contributed by atoms with E-state index in [-0.39, 0.29) is 0 Å². The summed E-state index contributed by atoms with van der Waals surface area (Å²) in [5.74, 6) is 0. The van der Waals surface area contributed by atoms with Crippen LogP contribution in [0.3, 0.4) is 0 Å². The summed E-state index contributed by atoms with van der Waals surface area (Å²) in [5, 5.41) is 5.12. The summed E-state index contributed by atoms with van der Waals surface area (Å²) in [6.07, 6.45) is 1.69. The van der Waals surface area contributed by atoms with Gasteiger partial charge in [-0.2, -0.15) is 0 Å². The minimum atomic E-state index is 0.846. The molecule has 9 aromatic carbocycles. The number of para-hydroxylation sites is 2. The van der Waals surface area contributed by atoms with Gasteiger partial charge in [-0.15, -0.1) is 0 Å². The van der Waals surface area contributed by atoms with Crippen LogP contribution in [-0.4, -0.2) is 9.13 Å². The van der Waals surface area contributed by atoms with Gasteiger partial charge in [0.2, 0.25) is 0 Å². The third-order valence-corrected chi connectivity index (χ3v) is 14.6. The van der Waals surface area contributed by atoms with Crippen LogP contribution in [0.4, 0.5) is 34.1 Å². The van der Waals surface area contributed by atoms with Crippen LogP contribution in [0.1, 0.15) is 55.6 Å². The van der Waals surface area contributed by atoms with Crippen LogP contribution in [0.2, 0.25) is 0 Å². The highest BCUT2D eigenvalue weighted by atomic mass is 15.2. The Bertz CT molecular complexity index is 3570. The van der Waals surface area contributed by atoms with Crippen molar-refractivity contribution in [2.45, 2.75) is 54.4 Å². The van der Waals surface area contributed by atoms with Crippen molar-refractivity contribution < 1.29 is 0 Å². The molecule has 0 saturated carbocycles. The summed E-state index contributed by atoms with van der Waals surface area (Å²) in [6, 6.07) is 64.4. The van der Waals surface area contributed by atoms with Gasteiger partial charge in [-0.25, -0.2) is 0 Å². The molecule has 13 rings (SSSR count). The maximum absolute atomic E-state index is 2.59. The molecule has 0 spiro atoms. The molecule has 0 aliphatic carbocycles. The fraction of sp³-hybridized carbons (Fsp3) is 0.129. The van der Waals surface area contributed by atoms with Gasteiger partial charge in [0, 0.05) is 79.6 Å². The van der Waals surface area contributed by atoms with Gasteiger partial charge in [-0.1, -0.05) is 108 Å². The maximum atomic E-state index is 2.59. The van der Waals surface area contributed by atoms with Crippen molar-refractivity contribution in [1.82, 2.24) is 9.13 Å². The van der Waals surface area contributed by atoms with Gasteiger partial charge in [0.1, 0.15) is 0 Å². The number of benzene rings is 9. The highest BCUT2D eigenvalue weighted by Gasteiger charge is 2.31. The molecule has 66 heavy (non-hydrogen) atoms. The van der Waals surface area contributed by atoms with Crippen molar-refractivity contribution in [3.63, 3.8) is 0 Å². The standard InChI is InChI=1S/C62H50N4/c1-37-17-23-45(24-18-37)63(57-31-39(3)15-21-41(57)5)55-29-27-47-49-35-60-50(36-59(49)65-53-13-9-7-11-43(53)33-51(55)61(47)65)48-28-30-56(52-34-44-12-8-10-14-54(44)66(60)62(48)52)64(46-25-19-38(2)20-26-46)58-32-40(4)16-22-42(58)6/h7-32,35-36H,33-34H2,1-6H3. The van der Waals surface area contributed by atoms with E-state index in [1.165, 1.54) is 145 Å². The maximum Gasteiger partial charge on any atom is 0.0597 e. The van der Waals surface area contributed by atoms with Crippen LogP contribution >= 0.6 is 0 Å². The summed E-state index contributed by atoms with van der Waals surface area (Å²) in [7, 11) is 0. The summed E-state index contributed by atoms with van der Waals surface area (Å²) in [4.78, 5) is 5.01. The zero-order chi connectivity index (χ0) is 44.5. The highest BCUT2D eigenvalue weighted by molar-refractivity contribution is 6.21. The van der Waals surface area contributed by atoms with E-state index in [0.29, 0.717) is 0 Å². The van der Waals surface area contributed by atoms with Gasteiger partial charge >= 0.3 is 0 Å². The molecular formula is C62H50N4. The molecule has 4 heterocycles. The topological polar surface area (TPSA) is 16.3 Å². The highest BCUT2D eigenvalue weighted by Crippen LogP contribution is 2.51. The number of fused-ring (bicyclic) bond motifs is 10. The second kappa shape index (κ2) is 14.3. The number of aromatic nitrogens is 2. The van der Waals surface area contributed by atoms with Crippen molar-refractivity contribution in [2.75, 3.05) is 9.80 Å². The van der Waals surface area contributed by atoms with Crippen LogP contribution in [0.15, 0.2) is 170 Å². The van der Waals surface area contributed by atoms with Gasteiger partial charge < -0.3 is 18.9 Å². The molecule has 4 heteroatoms. The van der Waals surface area contributed by atoms with E-state index in [0.717, 1.165) is 12.8 Å². The average Bonchev–Trinajstić information content (AvgIpc) is 3.84. The van der Waals surface area contributed by atoms with Crippen molar-refractivity contribution in [3.05, 3.63) is 225 Å². The summed E-state index contributed by atoms with van der Waals surface area (Å²) < 4.78 is 5.17. The number of aryl methyl sites for hydroxylation is 6. The monoisotopic (exact) mass is 850 g/mol. The Labute approximate surface area is 386 Å². The lowest BCUT2D eigenvalue weighted by Crippen LogP contribution is -2.16. The fourth-order valence-corrected chi connectivity index (χ4v) is 11.3. The largest absolute Gasteiger partial charge is 0.310 e. The predicted octanol–water partition coefficient (Wildman–Crippen LogP) is 16.5. The lowest BCUT2D eigenvalue weighted by molar-refractivity contribution is 1.03. The number of nitrogens with zero attached hydrogens (tertiary/aromatic N) is 4. The molecule has 2 aromatic heterocycles. The molecular weight excluding hydrogens is 801 g/mol. The van der Waals surface area contributed by atoms with Crippen molar-refractivity contribution in [2.24, 2.45) is 0 Å². The van der Waals surface area contributed by atoms with Gasteiger partial charge in [0.15, 0.2) is 0 Å². The smallest absolute Gasteiger partial charge is 0.0597 e. The Morgan fingerprint density at radius 1 is 0.348 bits per heavy atom. The quantitative estimate of drug-likeness (QED) is 0.166. The van der Waals surface area contributed by atoms with E-state index in [9.17, 15) is 0 Å². The van der Waals surface area contributed by atoms with E-state index in [1.54, 1.807) is 0 Å². The lowest BCUT2D eigenvalue weighted by atomic mass is 9.94. The van der Waals surface area contributed by atoms with Crippen LogP contribution < -0.4 is 9.80 Å². The van der Waals surface area contributed by atoms with Gasteiger partial charge in [0.05, 0.1) is 33.4 Å². The van der Waals surface area contributed by atoms with Gasteiger partial charge in [-0.05, 0) is 148 Å². The second-order valence-electron chi connectivity index (χ2n) is 19.0. The van der Waals surface area contributed by atoms with E-state index < -0.39 is 0 Å². The molecule has 0 atom stereocenters. The predicted molar refractivity (Wildman–Crippen MR) is 279 cm³/mol. The molecule has 0 fully saturated rings. The summed E-state index contributed by atoms with van der Waals surface area (Å²) in [5.41, 5.74) is 27.7. The Morgan fingerprint density at radius 2 is 0.742 bits per heavy atom. The SMILES string of the molecule is Cc1ccc(N(c2cc(C)ccc2C)c2ccc3c4cc5c(cc4n4c3c2Cc2ccccc2-4)c2ccc(N(c3ccc(C)cc3)c3cc(C)ccc3C)c3c2n5-c2ccccc2C3)cc1. The number of hydrogen-bond acceptors (Lipinski definition) is 2. The third-order valence-electron chi connectivity index (χ3n) is 14.6. The van der Waals surface area contributed by atoms with Crippen molar-refractivity contribution in [1.29, 1.82) is 0 Å². The van der Waals surface area contributed by atoms with Crippen molar-refractivity contribution >= 4 is 77.7 Å². The molecule has 0 unspecified atom stereocenters. The van der Waals surface area contributed by atoms with E-state index in [2.05, 4.69) is 230 Å². The van der Waals surface area contributed by atoms with E-state index in [4.69, 9.17) is 0 Å². The molecule has 11 aromatic rings. The molecule has 0 amide bonds. The van der Waals surface area contributed by atoms with Crippen LogP contribution in [-0.2, 0) is 12.8 Å². The van der Waals surface area contributed by atoms with Crippen LogP contribution in [0.5, 0.6) is 0 Å². The first kappa shape index (κ1) is 38.6. The minimum Gasteiger partial charge on any atom is -0.310 e. The Morgan fingerprint density at radius 3 is 1.17 bits per heavy atom. The van der Waals surface area contributed by atoms with E-state index >= 15 is 0 Å². The number of rotatable bonds is 6. The number of hydrogen-bond donors (Lipinski definition) is 0. The molecule has 2 aliphatic rings. The Hall–Kier alpha value is -7.82. The normalized spacial score (nSPS) is 12.6. The first-order valence-electron chi connectivity index (χ1n) is 23.3. The zero-order valence-electron chi connectivity index (χ0n) is 38.4. The molecule has 0 N–H and O–H groups in total. The van der Waals surface area contributed by atoms with Gasteiger partial charge in [0.25, 0.3) is 0 Å². The minimum absolute atomic E-state index is 0.846. The summed E-state index contributed by atoms with van der Waals surface area (Å²) >= 11 is 0. The lowest BCUT2D eigenvalue weighted by Gasteiger charge is -2.32. The molecule has 4 nitrogen and oxygen atoms in total. The zero-order valence-corrected chi connectivity index (χ0v) is 38.4. The second-order valence-corrected chi connectivity index (χ2v) is 19.0. The van der Waals surface area contributed by atoms with Crippen LogP contribution in [0.25, 0.3) is 55.0 Å². The first-order valence-corrected chi connectivity index (χ1v) is 23.3. The molecule has 318 valence electrons. The van der Waals surface area contributed by atoms with E-state index in [1.807, 2.05) is 0 Å². The molecule has 0 radical (unpaired) electrons. The van der Waals surface area contributed by atoms with Gasteiger partial charge in [-0.3, -0.25) is 0 Å². The first-order chi connectivity index (χ1) is 32.2. The fourth-order valence-electron chi connectivity index (χ4n) is 11.3. The molecule has 0 saturated heterocycles. The molecule has 2 aliphatic heterocycles. The Kier molecular flexibility index (Phi) is 8.39. The summed E-state index contributed by atoms with van der Waals surface area (Å²) in [6.45, 7) is 13.2.